The van der Waals surface area contributed by atoms with Crippen LogP contribution in [0.5, 0.6) is 0 Å². The molecule has 0 aliphatic heterocycles. The van der Waals surface area contributed by atoms with Gasteiger partial charge in [0.25, 0.3) is 5.91 Å². The molecule has 0 saturated heterocycles. The lowest BCUT2D eigenvalue weighted by molar-refractivity contribution is 0.0951. The number of amides is 1. The molecule has 0 fully saturated rings. The lowest BCUT2D eigenvalue weighted by Crippen LogP contribution is -2.22. The zero-order chi connectivity index (χ0) is 16.8. The van der Waals surface area contributed by atoms with Gasteiger partial charge < -0.3 is 5.32 Å². The Hall–Kier alpha value is -2.95. The number of carbonyl (C=O) groups is 1. The van der Waals surface area contributed by atoms with Crippen molar-refractivity contribution in [1.82, 2.24) is 20.1 Å². The van der Waals surface area contributed by atoms with Crippen LogP contribution >= 0.6 is 0 Å². The molecule has 5 heteroatoms. The van der Waals surface area contributed by atoms with Gasteiger partial charge in [-0.2, -0.15) is 5.10 Å². The minimum Gasteiger partial charge on any atom is -0.348 e. The number of benzene rings is 2. The Morgan fingerprint density at radius 2 is 1.67 bits per heavy atom. The molecule has 0 aliphatic rings. The maximum atomic E-state index is 12.2. The molecule has 0 unspecified atom stereocenters. The van der Waals surface area contributed by atoms with Crippen LogP contribution in [0.4, 0.5) is 0 Å². The molecule has 1 aromatic heterocycles. The summed E-state index contributed by atoms with van der Waals surface area (Å²) in [7, 11) is 0. The highest BCUT2D eigenvalue weighted by molar-refractivity contribution is 5.94. The van der Waals surface area contributed by atoms with E-state index in [1.807, 2.05) is 48.5 Å². The average molecular weight is 320 g/mol. The first-order valence-corrected chi connectivity index (χ1v) is 8.02. The zero-order valence-electron chi connectivity index (χ0n) is 13.6. The fraction of sp³-hybridized carbons (Fsp3) is 0.211. The van der Waals surface area contributed by atoms with Crippen molar-refractivity contribution >= 4 is 5.91 Å². The van der Waals surface area contributed by atoms with Crippen molar-refractivity contribution in [3.63, 3.8) is 0 Å². The maximum Gasteiger partial charge on any atom is 0.251 e. The highest BCUT2D eigenvalue weighted by Gasteiger charge is 2.05. The Morgan fingerprint density at radius 3 is 2.29 bits per heavy atom. The molecule has 0 spiro atoms. The molecule has 2 aromatic carbocycles. The predicted molar refractivity (Wildman–Crippen MR) is 92.6 cm³/mol. The van der Waals surface area contributed by atoms with Crippen LogP contribution in [0, 0.1) is 0 Å². The summed E-state index contributed by atoms with van der Waals surface area (Å²) in [5, 5.41) is 7.04. The Morgan fingerprint density at radius 1 is 1.00 bits per heavy atom. The van der Waals surface area contributed by atoms with Crippen molar-refractivity contribution in [1.29, 1.82) is 0 Å². The molecular formula is C19H20N4O. The minimum absolute atomic E-state index is 0.0515. The van der Waals surface area contributed by atoms with E-state index in [4.69, 9.17) is 0 Å². The van der Waals surface area contributed by atoms with Gasteiger partial charge in [-0.25, -0.2) is 9.67 Å². The average Bonchev–Trinajstić information content (AvgIpc) is 3.14. The van der Waals surface area contributed by atoms with E-state index in [0.29, 0.717) is 18.7 Å². The molecule has 3 aromatic rings. The monoisotopic (exact) mass is 320 g/mol. The second-order valence-corrected chi connectivity index (χ2v) is 5.64. The summed E-state index contributed by atoms with van der Waals surface area (Å²) in [6, 6.07) is 15.9. The molecule has 0 atom stereocenters. The molecular weight excluding hydrogens is 300 g/mol. The highest BCUT2D eigenvalue weighted by Crippen LogP contribution is 2.08. The Labute approximate surface area is 141 Å². The third-order valence-corrected chi connectivity index (χ3v) is 3.91. The van der Waals surface area contributed by atoms with E-state index in [1.165, 1.54) is 11.9 Å². The Kier molecular flexibility index (Phi) is 5.01. The fourth-order valence-electron chi connectivity index (χ4n) is 2.44. The second kappa shape index (κ2) is 7.55. The summed E-state index contributed by atoms with van der Waals surface area (Å²) >= 11 is 0. The zero-order valence-corrected chi connectivity index (χ0v) is 13.6. The van der Waals surface area contributed by atoms with Crippen LogP contribution in [-0.2, 0) is 19.5 Å². The summed E-state index contributed by atoms with van der Waals surface area (Å²) in [4.78, 5) is 16.1. The van der Waals surface area contributed by atoms with Crippen molar-refractivity contribution in [2.24, 2.45) is 0 Å². The van der Waals surface area contributed by atoms with E-state index in [1.54, 1.807) is 11.0 Å². The molecule has 5 nitrogen and oxygen atoms in total. The molecule has 1 amide bonds. The van der Waals surface area contributed by atoms with Crippen LogP contribution in [0.25, 0.3) is 0 Å². The van der Waals surface area contributed by atoms with Crippen molar-refractivity contribution in [3.8, 4) is 0 Å². The van der Waals surface area contributed by atoms with E-state index in [9.17, 15) is 4.79 Å². The van der Waals surface area contributed by atoms with E-state index >= 15 is 0 Å². The number of hydrogen-bond acceptors (Lipinski definition) is 3. The van der Waals surface area contributed by atoms with Gasteiger partial charge in [0.2, 0.25) is 0 Å². The van der Waals surface area contributed by atoms with Crippen LogP contribution in [-0.4, -0.2) is 20.7 Å². The standard InChI is InChI=1S/C19H20N4O/c1-2-15-7-9-18(10-8-15)19(24)21-11-16-3-5-17(6-4-16)12-23-14-20-13-22-23/h3-10,13-14H,2,11-12H2,1H3,(H,21,24). The molecule has 0 aliphatic carbocycles. The maximum absolute atomic E-state index is 12.2. The molecule has 0 radical (unpaired) electrons. The van der Waals surface area contributed by atoms with E-state index in [0.717, 1.165) is 17.5 Å². The molecule has 0 saturated carbocycles. The summed E-state index contributed by atoms with van der Waals surface area (Å²) in [5.41, 5.74) is 4.13. The van der Waals surface area contributed by atoms with Crippen molar-refractivity contribution in [3.05, 3.63) is 83.4 Å². The summed E-state index contributed by atoms with van der Waals surface area (Å²) in [6.07, 6.45) is 4.19. The van der Waals surface area contributed by atoms with Gasteiger partial charge in [-0.15, -0.1) is 0 Å². The topological polar surface area (TPSA) is 59.8 Å². The third-order valence-electron chi connectivity index (χ3n) is 3.91. The van der Waals surface area contributed by atoms with Crippen molar-refractivity contribution < 1.29 is 4.79 Å². The van der Waals surface area contributed by atoms with Crippen LogP contribution in [0.1, 0.15) is 34.0 Å². The molecule has 1 heterocycles. The van der Waals surface area contributed by atoms with Crippen LogP contribution < -0.4 is 5.32 Å². The Balaban J connectivity index is 1.54. The second-order valence-electron chi connectivity index (χ2n) is 5.64. The van der Waals surface area contributed by atoms with Gasteiger partial charge in [0.05, 0.1) is 6.54 Å². The quantitative estimate of drug-likeness (QED) is 0.760. The number of nitrogens with zero attached hydrogens (tertiary/aromatic N) is 3. The van der Waals surface area contributed by atoms with Crippen LogP contribution in [0.3, 0.4) is 0 Å². The first-order valence-electron chi connectivity index (χ1n) is 8.02. The normalized spacial score (nSPS) is 10.5. The summed E-state index contributed by atoms with van der Waals surface area (Å²) < 4.78 is 1.77. The van der Waals surface area contributed by atoms with Crippen LogP contribution in [0.2, 0.25) is 0 Å². The number of aryl methyl sites for hydroxylation is 1. The fourth-order valence-corrected chi connectivity index (χ4v) is 2.44. The minimum atomic E-state index is -0.0515. The number of hydrogen-bond donors (Lipinski definition) is 1. The summed E-state index contributed by atoms with van der Waals surface area (Å²) in [5.74, 6) is -0.0515. The van der Waals surface area contributed by atoms with Gasteiger partial charge >= 0.3 is 0 Å². The molecule has 122 valence electrons. The lowest BCUT2D eigenvalue weighted by atomic mass is 10.1. The van der Waals surface area contributed by atoms with Gasteiger partial charge in [-0.1, -0.05) is 43.3 Å². The van der Waals surface area contributed by atoms with Gasteiger partial charge in [0, 0.05) is 12.1 Å². The lowest BCUT2D eigenvalue weighted by Gasteiger charge is -2.07. The molecule has 1 N–H and O–H groups in total. The third kappa shape index (κ3) is 4.07. The predicted octanol–water partition coefficient (Wildman–Crippen LogP) is 2.82. The summed E-state index contributed by atoms with van der Waals surface area (Å²) in [6.45, 7) is 3.30. The largest absolute Gasteiger partial charge is 0.348 e. The number of nitrogens with one attached hydrogen (secondary N) is 1. The van der Waals surface area contributed by atoms with Crippen molar-refractivity contribution in [2.45, 2.75) is 26.4 Å². The molecule has 0 bridgehead atoms. The first kappa shape index (κ1) is 15.9. The number of rotatable bonds is 6. The molecule has 3 rings (SSSR count). The highest BCUT2D eigenvalue weighted by atomic mass is 16.1. The smallest absolute Gasteiger partial charge is 0.251 e. The van der Waals surface area contributed by atoms with Gasteiger partial charge in [0.15, 0.2) is 0 Å². The first-order chi connectivity index (χ1) is 11.7. The number of aromatic nitrogens is 3. The van der Waals surface area contributed by atoms with E-state index in [-0.39, 0.29) is 5.91 Å². The van der Waals surface area contributed by atoms with E-state index in [2.05, 4.69) is 22.3 Å². The SMILES string of the molecule is CCc1ccc(C(=O)NCc2ccc(Cn3cncn3)cc2)cc1. The van der Waals surface area contributed by atoms with E-state index < -0.39 is 0 Å². The Bertz CT molecular complexity index is 777. The van der Waals surface area contributed by atoms with Gasteiger partial charge in [-0.3, -0.25) is 4.79 Å². The molecule has 24 heavy (non-hydrogen) atoms. The van der Waals surface area contributed by atoms with Gasteiger partial charge in [0.1, 0.15) is 12.7 Å². The van der Waals surface area contributed by atoms with Crippen molar-refractivity contribution in [2.75, 3.05) is 0 Å². The number of carbonyl (C=O) groups excluding carboxylic acids is 1. The van der Waals surface area contributed by atoms with Crippen LogP contribution in [0.15, 0.2) is 61.2 Å². The van der Waals surface area contributed by atoms with Gasteiger partial charge in [-0.05, 0) is 35.2 Å².